The van der Waals surface area contributed by atoms with Gasteiger partial charge < -0.3 is 5.32 Å². The third-order valence-electron chi connectivity index (χ3n) is 3.35. The number of hydrogen-bond donors (Lipinski definition) is 2. The van der Waals surface area contributed by atoms with Crippen molar-refractivity contribution in [2.24, 2.45) is 5.41 Å². The monoisotopic (exact) mass is 269 g/mol. The molecule has 0 spiro atoms. The van der Waals surface area contributed by atoms with Crippen LogP contribution in [0.25, 0.3) is 0 Å². The molecular formula is C13H19NOS2. The predicted molar refractivity (Wildman–Crippen MR) is 75.7 cm³/mol. The fourth-order valence-corrected chi connectivity index (χ4v) is 3.19. The van der Waals surface area contributed by atoms with Crippen molar-refractivity contribution in [1.29, 1.82) is 0 Å². The van der Waals surface area contributed by atoms with Crippen LogP contribution in [0, 0.1) is 5.41 Å². The zero-order chi connectivity index (χ0) is 12.3. The number of carbonyl (C=O) groups excluding carboxylic acids is 1. The molecule has 1 amide bonds. The lowest BCUT2D eigenvalue weighted by atomic mass is 10.1. The molecule has 0 atom stereocenters. The molecule has 1 aromatic heterocycles. The van der Waals surface area contributed by atoms with Gasteiger partial charge in [0.25, 0.3) is 0 Å². The normalized spacial score (nSPS) is 16.8. The minimum absolute atomic E-state index is 0.169. The molecule has 0 aromatic carbocycles. The van der Waals surface area contributed by atoms with Gasteiger partial charge in [0, 0.05) is 16.2 Å². The summed E-state index contributed by atoms with van der Waals surface area (Å²) < 4.78 is 0. The first-order valence-electron chi connectivity index (χ1n) is 6.12. The van der Waals surface area contributed by atoms with Gasteiger partial charge in [-0.2, -0.15) is 12.6 Å². The molecule has 4 heteroatoms. The van der Waals surface area contributed by atoms with E-state index in [0.717, 1.165) is 25.0 Å². The quantitative estimate of drug-likeness (QED) is 0.764. The smallest absolute Gasteiger partial charge is 0.220 e. The van der Waals surface area contributed by atoms with E-state index < -0.39 is 0 Å². The number of nitrogens with one attached hydrogen (secondary N) is 1. The molecular weight excluding hydrogens is 250 g/mol. The van der Waals surface area contributed by atoms with E-state index in [1.807, 2.05) is 0 Å². The summed E-state index contributed by atoms with van der Waals surface area (Å²) in [5, 5.41) is 3.00. The van der Waals surface area contributed by atoms with Crippen molar-refractivity contribution in [3.8, 4) is 0 Å². The minimum Gasteiger partial charge on any atom is -0.351 e. The lowest BCUT2D eigenvalue weighted by molar-refractivity contribution is -0.122. The van der Waals surface area contributed by atoms with Crippen molar-refractivity contribution < 1.29 is 4.79 Å². The van der Waals surface area contributed by atoms with Crippen LogP contribution in [0.5, 0.6) is 0 Å². The number of thiol groups is 1. The van der Waals surface area contributed by atoms with Crippen LogP contribution in [0.3, 0.4) is 0 Å². The number of thiophene rings is 1. The molecule has 0 saturated heterocycles. The van der Waals surface area contributed by atoms with Gasteiger partial charge in [0.15, 0.2) is 0 Å². The third-order valence-corrected chi connectivity index (χ3v) is 5.25. The van der Waals surface area contributed by atoms with Crippen molar-refractivity contribution in [3.63, 3.8) is 0 Å². The Labute approximate surface area is 112 Å². The highest BCUT2D eigenvalue weighted by Gasteiger charge is 2.42. The summed E-state index contributed by atoms with van der Waals surface area (Å²) in [6.45, 7) is 2.82. The van der Waals surface area contributed by atoms with E-state index >= 15 is 0 Å². The molecule has 1 saturated carbocycles. The van der Waals surface area contributed by atoms with Gasteiger partial charge in [-0.15, -0.1) is 11.3 Å². The van der Waals surface area contributed by atoms with Crippen LogP contribution in [-0.2, 0) is 17.8 Å². The summed E-state index contributed by atoms with van der Waals surface area (Å²) in [4.78, 5) is 14.4. The number of hydrogen-bond acceptors (Lipinski definition) is 3. The van der Waals surface area contributed by atoms with Crippen LogP contribution in [0.1, 0.15) is 35.9 Å². The molecule has 17 heavy (non-hydrogen) atoms. The molecule has 1 aliphatic rings. The molecule has 94 valence electrons. The average molecular weight is 269 g/mol. The van der Waals surface area contributed by atoms with E-state index in [9.17, 15) is 4.79 Å². The van der Waals surface area contributed by atoms with Crippen LogP contribution in [0.4, 0.5) is 0 Å². The highest BCUT2D eigenvalue weighted by Crippen LogP contribution is 2.49. The summed E-state index contributed by atoms with van der Waals surface area (Å²) in [6.07, 6.45) is 4.02. The summed E-state index contributed by atoms with van der Waals surface area (Å²) in [6, 6.07) is 4.25. The highest BCUT2D eigenvalue weighted by molar-refractivity contribution is 7.80. The van der Waals surface area contributed by atoms with Crippen LogP contribution >= 0.6 is 24.0 Å². The van der Waals surface area contributed by atoms with E-state index in [4.69, 9.17) is 0 Å². The molecule has 2 nitrogen and oxygen atoms in total. The van der Waals surface area contributed by atoms with E-state index in [-0.39, 0.29) is 11.3 Å². The second-order valence-electron chi connectivity index (χ2n) is 4.83. The number of rotatable bonds is 6. The molecule has 1 aromatic rings. The van der Waals surface area contributed by atoms with Crippen LogP contribution in [-0.4, -0.2) is 11.7 Å². The van der Waals surface area contributed by atoms with Crippen molar-refractivity contribution in [2.75, 3.05) is 5.75 Å². The van der Waals surface area contributed by atoms with Gasteiger partial charge >= 0.3 is 0 Å². The zero-order valence-corrected chi connectivity index (χ0v) is 11.9. The van der Waals surface area contributed by atoms with Crippen LogP contribution in [0.2, 0.25) is 0 Å². The van der Waals surface area contributed by atoms with Gasteiger partial charge in [-0.05, 0) is 42.6 Å². The summed E-state index contributed by atoms with van der Waals surface area (Å²) in [7, 11) is 0. The molecule has 0 radical (unpaired) electrons. The second kappa shape index (κ2) is 5.44. The maximum atomic E-state index is 11.8. The lowest BCUT2D eigenvalue weighted by Crippen LogP contribution is -2.25. The molecule has 0 unspecified atom stereocenters. The molecule has 1 fully saturated rings. The van der Waals surface area contributed by atoms with Gasteiger partial charge in [-0.3, -0.25) is 4.79 Å². The Morgan fingerprint density at radius 3 is 2.71 bits per heavy atom. The largest absolute Gasteiger partial charge is 0.351 e. The summed E-state index contributed by atoms with van der Waals surface area (Å²) in [5.41, 5.74) is 0.219. The summed E-state index contributed by atoms with van der Waals surface area (Å²) >= 11 is 6.10. The van der Waals surface area contributed by atoms with Crippen molar-refractivity contribution in [3.05, 3.63) is 21.9 Å². The van der Waals surface area contributed by atoms with Gasteiger partial charge in [0.1, 0.15) is 0 Å². The SMILES string of the molecule is CCc1ccc(CNC(=O)CC2(CS)CC2)s1. The third kappa shape index (κ3) is 3.49. The van der Waals surface area contributed by atoms with Gasteiger partial charge in [0.05, 0.1) is 6.54 Å². The molecule has 1 aliphatic carbocycles. The Balaban J connectivity index is 1.76. The molecule has 1 N–H and O–H groups in total. The number of carbonyl (C=O) groups is 1. The standard InChI is InChI=1S/C13H19NOS2/c1-2-10-3-4-11(17-10)8-14-12(15)7-13(9-16)5-6-13/h3-4,16H,2,5-9H2,1H3,(H,14,15). The first-order chi connectivity index (χ1) is 8.17. The van der Waals surface area contributed by atoms with E-state index in [2.05, 4.69) is 37.0 Å². The fourth-order valence-electron chi connectivity index (χ4n) is 1.86. The van der Waals surface area contributed by atoms with Crippen LogP contribution < -0.4 is 5.32 Å². The Kier molecular flexibility index (Phi) is 4.15. The Morgan fingerprint density at radius 1 is 1.47 bits per heavy atom. The first kappa shape index (κ1) is 13.0. The highest BCUT2D eigenvalue weighted by atomic mass is 32.1. The van der Waals surface area contributed by atoms with Gasteiger partial charge in [-0.25, -0.2) is 0 Å². The number of amides is 1. The maximum Gasteiger partial charge on any atom is 0.220 e. The molecule has 1 heterocycles. The fraction of sp³-hybridized carbons (Fsp3) is 0.615. The van der Waals surface area contributed by atoms with Gasteiger partial charge in [0.2, 0.25) is 5.91 Å². The average Bonchev–Trinajstić information content (AvgIpc) is 2.95. The second-order valence-corrected chi connectivity index (χ2v) is 6.40. The first-order valence-corrected chi connectivity index (χ1v) is 7.57. The van der Waals surface area contributed by atoms with E-state index in [1.54, 1.807) is 11.3 Å². The lowest BCUT2D eigenvalue weighted by Gasteiger charge is -2.11. The predicted octanol–water partition coefficient (Wildman–Crippen LogP) is 3.03. The number of aryl methyl sites for hydroxylation is 1. The minimum atomic E-state index is 0.169. The Hall–Kier alpha value is -0.480. The van der Waals surface area contributed by atoms with Crippen molar-refractivity contribution in [1.82, 2.24) is 5.32 Å². The maximum absolute atomic E-state index is 11.8. The van der Waals surface area contributed by atoms with Gasteiger partial charge in [-0.1, -0.05) is 6.92 Å². The van der Waals surface area contributed by atoms with E-state index in [1.165, 1.54) is 9.75 Å². The molecule has 0 aliphatic heterocycles. The van der Waals surface area contributed by atoms with Crippen molar-refractivity contribution >= 4 is 29.9 Å². The zero-order valence-electron chi connectivity index (χ0n) is 10.2. The Morgan fingerprint density at radius 2 is 2.18 bits per heavy atom. The Bertz CT molecular complexity index is 396. The topological polar surface area (TPSA) is 29.1 Å². The van der Waals surface area contributed by atoms with E-state index in [0.29, 0.717) is 13.0 Å². The molecule has 0 bridgehead atoms. The summed E-state index contributed by atoms with van der Waals surface area (Å²) in [5.74, 6) is 1.00. The van der Waals surface area contributed by atoms with Crippen molar-refractivity contribution in [2.45, 2.75) is 39.2 Å². The molecule has 2 rings (SSSR count). The van der Waals surface area contributed by atoms with Crippen LogP contribution in [0.15, 0.2) is 12.1 Å².